The van der Waals surface area contributed by atoms with Crippen LogP contribution in [0.5, 0.6) is 0 Å². The Morgan fingerprint density at radius 2 is 1.75 bits per heavy atom. The summed E-state index contributed by atoms with van der Waals surface area (Å²) in [4.78, 5) is 1.35. The Hall–Kier alpha value is -2.11. The summed E-state index contributed by atoms with van der Waals surface area (Å²) in [7, 11) is -0.829. The Kier molecular flexibility index (Phi) is 6.92. The summed E-state index contributed by atoms with van der Waals surface area (Å²) in [6, 6.07) is 9.53. The maximum atomic E-state index is 14.3. The highest BCUT2D eigenvalue weighted by Crippen LogP contribution is 2.46. The molecule has 0 aliphatic heterocycles. The van der Waals surface area contributed by atoms with Crippen LogP contribution < -0.4 is 5.14 Å². The second-order valence-electron chi connectivity index (χ2n) is 7.26. The average molecular weight is 507 g/mol. The maximum absolute atomic E-state index is 14.3. The maximum Gasteiger partial charge on any atom is 0.433 e. The predicted octanol–water partition coefficient (Wildman–Crippen LogP) is 4.75. The number of benzene rings is 2. The normalized spacial score (nSPS) is 12.5. The first-order valence-electron chi connectivity index (χ1n) is 9.21. The lowest BCUT2D eigenvalue weighted by atomic mass is 9.98. The molecule has 1 heterocycles. The van der Waals surface area contributed by atoms with Crippen LogP contribution in [0.4, 0.5) is 13.2 Å². The first kappa shape index (κ1) is 24.5. The zero-order valence-corrected chi connectivity index (χ0v) is 19.3. The molecule has 32 heavy (non-hydrogen) atoms. The van der Waals surface area contributed by atoms with Gasteiger partial charge in [-0.15, -0.1) is 0 Å². The van der Waals surface area contributed by atoms with Crippen LogP contribution in [0.3, 0.4) is 0 Å². The first-order chi connectivity index (χ1) is 14.8. The number of hydrogen-bond donors (Lipinski definition) is 1. The topological polar surface area (TPSA) is 81.2 Å². The molecular weight excluding hydrogens is 488 g/mol. The fourth-order valence-electron chi connectivity index (χ4n) is 3.25. The molecule has 2 aromatic carbocycles. The van der Waals surface area contributed by atoms with E-state index in [4.69, 9.17) is 28.3 Å². The minimum Gasteiger partial charge on any atom is -0.308 e. The quantitative estimate of drug-likeness (QED) is 0.522. The van der Waals surface area contributed by atoms with E-state index < -0.39 is 21.9 Å². The smallest absolute Gasteiger partial charge is 0.308 e. The summed E-state index contributed by atoms with van der Waals surface area (Å²) >= 11 is 12.2. The van der Waals surface area contributed by atoms with Crippen molar-refractivity contribution in [2.75, 3.05) is 20.6 Å². The van der Waals surface area contributed by atoms with Gasteiger partial charge in [0.1, 0.15) is 5.69 Å². The number of alkyl halides is 3. The van der Waals surface area contributed by atoms with Crippen molar-refractivity contribution in [2.45, 2.75) is 17.6 Å². The van der Waals surface area contributed by atoms with E-state index in [1.807, 2.05) is 0 Å². The van der Waals surface area contributed by atoms with Crippen LogP contribution >= 0.6 is 23.2 Å². The number of likely N-dealkylation sites (N-methyl/N-ethyl adjacent to an activating group) is 1. The molecule has 12 heteroatoms. The minimum absolute atomic E-state index is 0.0127. The highest BCUT2D eigenvalue weighted by atomic mass is 35.5. The summed E-state index contributed by atoms with van der Waals surface area (Å²) in [6.07, 6.45) is -4.81. The summed E-state index contributed by atoms with van der Waals surface area (Å²) in [6.45, 7) is 0.159. The van der Waals surface area contributed by atoms with Crippen molar-refractivity contribution in [3.8, 4) is 22.4 Å². The summed E-state index contributed by atoms with van der Waals surface area (Å²) in [5, 5.41) is 9.72. The molecule has 0 saturated heterocycles. The van der Waals surface area contributed by atoms with Crippen LogP contribution in [0.2, 0.25) is 10.0 Å². The number of rotatable bonds is 6. The highest BCUT2D eigenvalue weighted by Gasteiger charge is 2.41. The van der Waals surface area contributed by atoms with E-state index in [2.05, 4.69) is 5.10 Å². The van der Waals surface area contributed by atoms with Crippen molar-refractivity contribution in [3.05, 3.63) is 58.2 Å². The largest absolute Gasteiger partial charge is 0.433 e. The van der Waals surface area contributed by atoms with Gasteiger partial charge in [0.15, 0.2) is 5.69 Å². The fourth-order valence-corrected chi connectivity index (χ4v) is 4.50. The minimum atomic E-state index is -4.81. The summed E-state index contributed by atoms with van der Waals surface area (Å²) in [5.41, 5.74) is -1.66. The second kappa shape index (κ2) is 9.03. The number of nitrogens with two attached hydrogens (primary N) is 1. The van der Waals surface area contributed by atoms with Gasteiger partial charge in [-0.1, -0.05) is 47.5 Å². The van der Waals surface area contributed by atoms with E-state index in [1.54, 1.807) is 19.0 Å². The van der Waals surface area contributed by atoms with Crippen molar-refractivity contribution in [1.29, 1.82) is 0 Å². The lowest BCUT2D eigenvalue weighted by Gasteiger charge is -2.15. The third-order valence-electron chi connectivity index (χ3n) is 4.63. The van der Waals surface area contributed by atoms with E-state index in [0.29, 0.717) is 0 Å². The van der Waals surface area contributed by atoms with Gasteiger partial charge in [-0.25, -0.2) is 13.6 Å². The molecule has 0 atom stereocenters. The SMILES string of the molecule is CN(C)CCn1nc(-c2ccccc2S(N)(=O)=O)c(-c2ccc(Cl)cc2Cl)c1C(F)(F)F. The molecular formula is C20H19Cl2F3N4O2S. The Balaban J connectivity index is 2.45. The number of primary sulfonamides is 1. The fraction of sp³-hybridized carbons (Fsp3) is 0.250. The van der Waals surface area contributed by atoms with Crippen LogP contribution in [0, 0.1) is 0 Å². The predicted molar refractivity (Wildman–Crippen MR) is 118 cm³/mol. The lowest BCUT2D eigenvalue weighted by Crippen LogP contribution is -2.23. The molecule has 172 valence electrons. The molecule has 3 rings (SSSR count). The van der Waals surface area contributed by atoms with E-state index >= 15 is 0 Å². The highest BCUT2D eigenvalue weighted by molar-refractivity contribution is 7.89. The Morgan fingerprint density at radius 1 is 1.09 bits per heavy atom. The Bertz CT molecular complexity index is 1260. The van der Waals surface area contributed by atoms with Gasteiger partial charge in [0.25, 0.3) is 0 Å². The monoisotopic (exact) mass is 506 g/mol. The van der Waals surface area contributed by atoms with Crippen LogP contribution in [-0.2, 0) is 22.7 Å². The standard InChI is InChI=1S/C20H19Cl2F3N4O2S/c1-28(2)9-10-29-19(20(23,24)25)17(13-8-7-12(21)11-15(13)22)18(27-29)14-5-3-4-6-16(14)32(26,30)31/h3-8,11H,9-10H2,1-2H3,(H2,26,30,31). The van der Waals surface area contributed by atoms with Crippen molar-refractivity contribution in [3.63, 3.8) is 0 Å². The second-order valence-corrected chi connectivity index (χ2v) is 9.64. The Morgan fingerprint density at radius 3 is 2.31 bits per heavy atom. The summed E-state index contributed by atoms with van der Waals surface area (Å²) < 4.78 is 68.1. The van der Waals surface area contributed by atoms with Crippen molar-refractivity contribution in [2.24, 2.45) is 5.14 Å². The molecule has 0 amide bonds. The van der Waals surface area contributed by atoms with E-state index in [-0.39, 0.29) is 50.4 Å². The third kappa shape index (κ3) is 5.10. The number of sulfonamides is 1. The average Bonchev–Trinajstić information content (AvgIpc) is 3.05. The number of halogens is 5. The molecule has 0 aliphatic carbocycles. The Labute approximate surface area is 193 Å². The van der Waals surface area contributed by atoms with Crippen LogP contribution in [0.25, 0.3) is 22.4 Å². The van der Waals surface area contributed by atoms with Gasteiger partial charge in [0, 0.05) is 28.3 Å². The lowest BCUT2D eigenvalue weighted by molar-refractivity contribution is -0.143. The first-order valence-corrected chi connectivity index (χ1v) is 11.5. The zero-order valence-electron chi connectivity index (χ0n) is 17.0. The van der Waals surface area contributed by atoms with E-state index in [0.717, 1.165) is 4.68 Å². The molecule has 6 nitrogen and oxygen atoms in total. The molecule has 2 N–H and O–H groups in total. The van der Waals surface area contributed by atoms with Gasteiger partial charge in [0.05, 0.1) is 16.5 Å². The molecule has 0 saturated carbocycles. The molecule has 3 aromatic rings. The van der Waals surface area contributed by atoms with Gasteiger partial charge in [0.2, 0.25) is 10.0 Å². The van der Waals surface area contributed by atoms with E-state index in [1.165, 1.54) is 42.5 Å². The van der Waals surface area contributed by atoms with Crippen molar-refractivity contribution >= 4 is 33.2 Å². The van der Waals surface area contributed by atoms with Gasteiger partial charge >= 0.3 is 6.18 Å². The van der Waals surface area contributed by atoms with Gasteiger partial charge in [-0.2, -0.15) is 18.3 Å². The van der Waals surface area contributed by atoms with Crippen molar-refractivity contribution < 1.29 is 21.6 Å². The van der Waals surface area contributed by atoms with Crippen molar-refractivity contribution in [1.82, 2.24) is 14.7 Å². The van der Waals surface area contributed by atoms with Gasteiger partial charge in [-0.05, 0) is 32.3 Å². The summed E-state index contributed by atoms with van der Waals surface area (Å²) in [5.74, 6) is 0. The van der Waals surface area contributed by atoms with Gasteiger partial charge in [-0.3, -0.25) is 4.68 Å². The molecule has 0 aliphatic rings. The van der Waals surface area contributed by atoms with Crippen LogP contribution in [-0.4, -0.2) is 43.7 Å². The molecule has 0 bridgehead atoms. The molecule has 0 unspecified atom stereocenters. The molecule has 0 radical (unpaired) electrons. The van der Waals surface area contributed by atoms with Crippen LogP contribution in [0.15, 0.2) is 47.4 Å². The molecule has 1 aromatic heterocycles. The number of nitrogens with zero attached hydrogens (tertiary/aromatic N) is 3. The molecule has 0 spiro atoms. The molecule has 0 fully saturated rings. The van der Waals surface area contributed by atoms with Gasteiger partial charge < -0.3 is 4.90 Å². The zero-order chi connectivity index (χ0) is 23.8. The van der Waals surface area contributed by atoms with E-state index in [9.17, 15) is 21.6 Å². The third-order valence-corrected chi connectivity index (χ3v) is 6.15. The number of hydrogen-bond acceptors (Lipinski definition) is 4. The number of aromatic nitrogens is 2. The van der Waals surface area contributed by atoms with Crippen LogP contribution in [0.1, 0.15) is 5.69 Å².